The molecule has 3 unspecified atom stereocenters. The number of amidine groups is 1. The maximum absolute atomic E-state index is 8.66. The molecule has 2 rings (SSSR count). The number of hydrogen-bond donors (Lipinski definition) is 3. The topological polar surface area (TPSA) is 70.6 Å². The second-order valence-corrected chi connectivity index (χ2v) is 6.10. The van der Waals surface area contributed by atoms with E-state index in [9.17, 15) is 0 Å². The lowest BCUT2D eigenvalue weighted by molar-refractivity contribution is 0.318. The molecule has 0 aromatic heterocycles. The van der Waals surface area contributed by atoms with Crippen molar-refractivity contribution in [2.75, 3.05) is 0 Å². The van der Waals surface area contributed by atoms with E-state index in [2.05, 4.69) is 24.3 Å². The maximum atomic E-state index is 8.66. The summed E-state index contributed by atoms with van der Waals surface area (Å²) in [5.74, 6) is 1.56. The predicted octanol–water partition coefficient (Wildman–Crippen LogP) is 2.96. The molecule has 0 bridgehead atoms. The minimum atomic E-state index is 0.0737. The summed E-state index contributed by atoms with van der Waals surface area (Å²) in [4.78, 5) is 0. The highest BCUT2D eigenvalue weighted by atomic mass is 35.5. The van der Waals surface area contributed by atoms with E-state index in [4.69, 9.17) is 22.5 Å². The molecule has 0 aliphatic heterocycles. The van der Waals surface area contributed by atoms with E-state index in [1.807, 2.05) is 12.1 Å². The Balaban J connectivity index is 2.00. The van der Waals surface area contributed by atoms with E-state index in [0.29, 0.717) is 22.5 Å². The van der Waals surface area contributed by atoms with Gasteiger partial charge in [-0.15, -0.1) is 0 Å². The number of nitrogens with zero attached hydrogens (tertiary/aromatic N) is 1. The SMILES string of the molecule is CC1CCC(NCc2ccc(/C(N)=N/O)cc2Cl)C1C. The third kappa shape index (κ3) is 3.25. The van der Waals surface area contributed by atoms with E-state index >= 15 is 0 Å². The highest BCUT2D eigenvalue weighted by Gasteiger charge is 2.29. The summed E-state index contributed by atoms with van der Waals surface area (Å²) in [6, 6.07) is 6.03. The molecular weight excluding hydrogens is 274 g/mol. The van der Waals surface area contributed by atoms with Crippen molar-refractivity contribution in [3.63, 3.8) is 0 Å². The van der Waals surface area contributed by atoms with Crippen LogP contribution in [0, 0.1) is 11.8 Å². The Bertz CT molecular complexity index is 504. The first kappa shape index (κ1) is 15.1. The quantitative estimate of drug-likeness (QED) is 0.346. The lowest BCUT2D eigenvalue weighted by Crippen LogP contribution is -2.32. The normalized spacial score (nSPS) is 26.9. The number of benzene rings is 1. The number of nitrogens with two attached hydrogens (primary N) is 1. The lowest BCUT2D eigenvalue weighted by atomic mass is 9.97. The largest absolute Gasteiger partial charge is 0.409 e. The summed E-state index contributed by atoms with van der Waals surface area (Å²) in [6.07, 6.45) is 2.51. The molecule has 3 atom stereocenters. The lowest BCUT2D eigenvalue weighted by Gasteiger charge is -2.20. The van der Waals surface area contributed by atoms with E-state index in [0.717, 1.165) is 18.0 Å². The molecule has 20 heavy (non-hydrogen) atoms. The minimum absolute atomic E-state index is 0.0737. The van der Waals surface area contributed by atoms with Crippen LogP contribution in [0.4, 0.5) is 0 Å². The molecule has 1 aromatic carbocycles. The molecule has 0 radical (unpaired) electrons. The second kappa shape index (κ2) is 6.46. The summed E-state index contributed by atoms with van der Waals surface area (Å²) >= 11 is 6.25. The van der Waals surface area contributed by atoms with Gasteiger partial charge in [-0.3, -0.25) is 0 Å². The predicted molar refractivity (Wildman–Crippen MR) is 82.2 cm³/mol. The van der Waals surface area contributed by atoms with E-state index < -0.39 is 0 Å². The van der Waals surface area contributed by atoms with Gasteiger partial charge in [0.05, 0.1) is 0 Å². The van der Waals surface area contributed by atoms with Crippen LogP contribution in [0.5, 0.6) is 0 Å². The van der Waals surface area contributed by atoms with Crippen LogP contribution in [-0.4, -0.2) is 17.1 Å². The first-order valence-corrected chi connectivity index (χ1v) is 7.40. The molecule has 0 heterocycles. The van der Waals surface area contributed by atoms with Crippen molar-refractivity contribution in [3.05, 3.63) is 34.3 Å². The van der Waals surface area contributed by atoms with Crippen molar-refractivity contribution in [2.24, 2.45) is 22.7 Å². The van der Waals surface area contributed by atoms with Crippen LogP contribution in [0.15, 0.2) is 23.4 Å². The minimum Gasteiger partial charge on any atom is -0.409 e. The van der Waals surface area contributed by atoms with Crippen LogP contribution >= 0.6 is 11.6 Å². The van der Waals surface area contributed by atoms with Crippen LogP contribution in [0.1, 0.15) is 37.8 Å². The van der Waals surface area contributed by atoms with Gasteiger partial charge in [0.1, 0.15) is 0 Å². The van der Waals surface area contributed by atoms with Gasteiger partial charge in [-0.1, -0.05) is 42.7 Å². The summed E-state index contributed by atoms with van der Waals surface area (Å²) in [5.41, 5.74) is 7.21. The van der Waals surface area contributed by atoms with Crippen LogP contribution in [0.3, 0.4) is 0 Å². The van der Waals surface area contributed by atoms with Crippen molar-refractivity contribution in [3.8, 4) is 0 Å². The van der Waals surface area contributed by atoms with Gasteiger partial charge in [-0.25, -0.2) is 0 Å². The summed E-state index contributed by atoms with van der Waals surface area (Å²) in [6.45, 7) is 5.36. The molecule has 4 nitrogen and oxygen atoms in total. The highest BCUT2D eigenvalue weighted by molar-refractivity contribution is 6.31. The Labute approximate surface area is 125 Å². The molecule has 0 spiro atoms. The average molecular weight is 296 g/mol. The Kier molecular flexibility index (Phi) is 4.89. The van der Waals surface area contributed by atoms with Crippen molar-refractivity contribution >= 4 is 17.4 Å². The van der Waals surface area contributed by atoms with Crippen molar-refractivity contribution in [1.29, 1.82) is 0 Å². The number of hydrogen-bond acceptors (Lipinski definition) is 3. The number of rotatable bonds is 4. The first-order chi connectivity index (χ1) is 9.52. The van der Waals surface area contributed by atoms with Crippen LogP contribution in [0.2, 0.25) is 5.02 Å². The zero-order valence-electron chi connectivity index (χ0n) is 11.9. The molecule has 0 saturated heterocycles. The summed E-state index contributed by atoms with van der Waals surface area (Å²) in [7, 11) is 0. The third-order valence-electron chi connectivity index (χ3n) is 4.48. The molecule has 1 saturated carbocycles. The number of oxime groups is 1. The Morgan fingerprint density at radius 3 is 2.75 bits per heavy atom. The van der Waals surface area contributed by atoms with Gasteiger partial charge in [0, 0.05) is 23.2 Å². The fraction of sp³-hybridized carbons (Fsp3) is 0.533. The fourth-order valence-electron chi connectivity index (χ4n) is 2.80. The van der Waals surface area contributed by atoms with E-state index in [-0.39, 0.29) is 5.84 Å². The van der Waals surface area contributed by atoms with Crippen molar-refractivity contribution < 1.29 is 5.21 Å². The smallest absolute Gasteiger partial charge is 0.170 e. The van der Waals surface area contributed by atoms with Gasteiger partial charge in [0.15, 0.2) is 5.84 Å². The molecule has 4 N–H and O–H groups in total. The van der Waals surface area contributed by atoms with Crippen LogP contribution < -0.4 is 11.1 Å². The average Bonchev–Trinajstić information content (AvgIpc) is 2.76. The molecule has 110 valence electrons. The van der Waals surface area contributed by atoms with Gasteiger partial charge in [0.2, 0.25) is 0 Å². The standard InChI is InChI=1S/C15H22ClN3O/c1-9-3-6-14(10(9)2)18-8-12-5-4-11(7-13(12)16)15(17)19-20/h4-5,7,9-10,14,18,20H,3,6,8H2,1-2H3,(H2,17,19). The monoisotopic (exact) mass is 295 g/mol. The zero-order valence-corrected chi connectivity index (χ0v) is 12.7. The molecule has 1 fully saturated rings. The molecule has 5 heteroatoms. The van der Waals surface area contributed by atoms with Crippen molar-refractivity contribution in [1.82, 2.24) is 5.32 Å². The molecular formula is C15H22ClN3O. The fourth-order valence-corrected chi connectivity index (χ4v) is 3.05. The molecule has 1 aliphatic rings. The first-order valence-electron chi connectivity index (χ1n) is 7.02. The Morgan fingerprint density at radius 2 is 2.20 bits per heavy atom. The van der Waals surface area contributed by atoms with Crippen LogP contribution in [0.25, 0.3) is 0 Å². The number of halogens is 1. The molecule has 1 aliphatic carbocycles. The third-order valence-corrected chi connectivity index (χ3v) is 4.83. The van der Waals surface area contributed by atoms with Gasteiger partial charge >= 0.3 is 0 Å². The zero-order chi connectivity index (χ0) is 14.7. The van der Waals surface area contributed by atoms with Crippen LogP contribution in [-0.2, 0) is 6.54 Å². The van der Waals surface area contributed by atoms with Gasteiger partial charge < -0.3 is 16.3 Å². The van der Waals surface area contributed by atoms with Gasteiger partial charge in [0.25, 0.3) is 0 Å². The molecule has 0 amide bonds. The maximum Gasteiger partial charge on any atom is 0.170 e. The Hall–Kier alpha value is -1.26. The van der Waals surface area contributed by atoms with E-state index in [1.54, 1.807) is 6.07 Å². The summed E-state index contributed by atoms with van der Waals surface area (Å²) < 4.78 is 0. The van der Waals surface area contributed by atoms with Gasteiger partial charge in [-0.2, -0.15) is 0 Å². The highest BCUT2D eigenvalue weighted by Crippen LogP contribution is 2.31. The Morgan fingerprint density at radius 1 is 1.45 bits per heavy atom. The van der Waals surface area contributed by atoms with E-state index in [1.165, 1.54) is 12.8 Å². The second-order valence-electron chi connectivity index (χ2n) is 5.69. The number of nitrogens with one attached hydrogen (secondary N) is 1. The summed E-state index contributed by atoms with van der Waals surface area (Å²) in [5, 5.41) is 15.9. The van der Waals surface area contributed by atoms with Gasteiger partial charge in [-0.05, 0) is 36.3 Å². The molecule has 1 aromatic rings. The van der Waals surface area contributed by atoms with Crippen molar-refractivity contribution in [2.45, 2.75) is 39.3 Å².